The van der Waals surface area contributed by atoms with E-state index < -0.39 is 30.3 Å². The van der Waals surface area contributed by atoms with Crippen molar-refractivity contribution < 1.29 is 23.1 Å². The van der Waals surface area contributed by atoms with Gasteiger partial charge in [-0.05, 0) is 29.3 Å². The fourth-order valence-electron chi connectivity index (χ4n) is 4.46. The average molecular weight is 527 g/mol. The van der Waals surface area contributed by atoms with Crippen LogP contribution in [0.3, 0.4) is 0 Å². The molecule has 37 heavy (non-hydrogen) atoms. The second-order valence-electron chi connectivity index (χ2n) is 8.76. The summed E-state index contributed by atoms with van der Waals surface area (Å²) in [6.07, 6.45) is -5.92. The first-order chi connectivity index (χ1) is 17.7. The largest absolute Gasteiger partial charge is 0.410 e. The van der Waals surface area contributed by atoms with Gasteiger partial charge in [0.15, 0.2) is 11.7 Å². The number of hydrogen-bond acceptors (Lipinski definition) is 4. The first-order valence-electron chi connectivity index (χ1n) is 11.5. The maximum Gasteiger partial charge on any atom is 0.410 e. The lowest BCUT2D eigenvalue weighted by atomic mass is 9.97. The van der Waals surface area contributed by atoms with Crippen molar-refractivity contribution in [2.24, 2.45) is 0 Å². The number of nitrogens with zero attached hydrogens (tertiary/aromatic N) is 2. The summed E-state index contributed by atoms with van der Waals surface area (Å²) in [5, 5.41) is 21.0. The number of rotatable bonds is 5. The van der Waals surface area contributed by atoms with Crippen molar-refractivity contribution in [2.45, 2.75) is 30.8 Å². The molecule has 10 heteroatoms. The maximum absolute atomic E-state index is 14.0. The number of hydrogen-bond donors (Lipinski definition) is 3. The molecule has 1 aliphatic rings. The molecule has 190 valence electrons. The van der Waals surface area contributed by atoms with Gasteiger partial charge in [-0.25, -0.2) is 4.68 Å². The van der Waals surface area contributed by atoms with Gasteiger partial charge < -0.3 is 15.7 Å². The number of nitrogens with one attached hydrogen (secondary N) is 2. The zero-order chi connectivity index (χ0) is 26.2. The van der Waals surface area contributed by atoms with Crippen LogP contribution < -0.4 is 10.6 Å². The minimum atomic E-state index is -4.56. The van der Waals surface area contributed by atoms with Crippen LogP contribution in [-0.4, -0.2) is 27.0 Å². The Morgan fingerprint density at radius 2 is 1.73 bits per heavy atom. The van der Waals surface area contributed by atoms with Crippen LogP contribution in [0, 0.1) is 0 Å². The number of halogens is 4. The van der Waals surface area contributed by atoms with Gasteiger partial charge >= 0.3 is 6.18 Å². The van der Waals surface area contributed by atoms with Gasteiger partial charge in [-0.2, -0.15) is 18.3 Å². The number of benzene rings is 3. The number of anilines is 2. The molecule has 3 aromatic carbocycles. The third kappa shape index (κ3) is 5.19. The lowest BCUT2D eigenvalue weighted by Gasteiger charge is -2.33. The zero-order valence-corrected chi connectivity index (χ0v) is 20.0. The van der Waals surface area contributed by atoms with Crippen molar-refractivity contribution in [3.63, 3.8) is 0 Å². The summed E-state index contributed by atoms with van der Waals surface area (Å²) in [7, 11) is 0. The van der Waals surface area contributed by atoms with Gasteiger partial charge in [0.2, 0.25) is 0 Å². The van der Waals surface area contributed by atoms with E-state index in [4.69, 9.17) is 11.6 Å². The van der Waals surface area contributed by atoms with E-state index >= 15 is 0 Å². The number of carbonyl (C=O) groups excluding carboxylic acids is 1. The molecule has 0 spiro atoms. The molecule has 3 atom stereocenters. The van der Waals surface area contributed by atoms with E-state index in [1.807, 2.05) is 6.07 Å². The van der Waals surface area contributed by atoms with Gasteiger partial charge in [0.05, 0.1) is 6.04 Å². The summed E-state index contributed by atoms with van der Waals surface area (Å²) >= 11 is 6.14. The molecule has 4 aromatic rings. The monoisotopic (exact) mass is 526 g/mol. The molecule has 0 radical (unpaired) electrons. The smallest absolute Gasteiger partial charge is 0.384 e. The fraction of sp³-hybridized carbons (Fsp3) is 0.185. The van der Waals surface area contributed by atoms with Crippen molar-refractivity contribution in [1.82, 2.24) is 9.78 Å². The molecule has 1 aliphatic heterocycles. The Labute approximate surface area is 215 Å². The first-order valence-corrected chi connectivity index (χ1v) is 11.9. The van der Waals surface area contributed by atoms with E-state index in [-0.39, 0.29) is 23.6 Å². The highest BCUT2D eigenvalue weighted by molar-refractivity contribution is 6.30. The molecular weight excluding hydrogens is 505 g/mol. The van der Waals surface area contributed by atoms with Crippen molar-refractivity contribution in [3.8, 4) is 0 Å². The van der Waals surface area contributed by atoms with Crippen LogP contribution in [-0.2, 0) is 0 Å². The quantitative estimate of drug-likeness (QED) is 0.276. The summed E-state index contributed by atoms with van der Waals surface area (Å²) in [6.45, 7) is 0. The molecule has 1 aromatic heterocycles. The third-order valence-corrected chi connectivity index (χ3v) is 6.53. The Kier molecular flexibility index (Phi) is 6.66. The van der Waals surface area contributed by atoms with E-state index in [9.17, 15) is 23.1 Å². The fourth-order valence-corrected chi connectivity index (χ4v) is 4.64. The van der Waals surface area contributed by atoms with E-state index in [1.54, 1.807) is 60.7 Å². The van der Waals surface area contributed by atoms with E-state index in [0.717, 1.165) is 4.68 Å². The maximum atomic E-state index is 14.0. The lowest BCUT2D eigenvalue weighted by molar-refractivity contribution is -0.173. The van der Waals surface area contributed by atoms with E-state index in [0.29, 0.717) is 21.7 Å². The van der Waals surface area contributed by atoms with Crippen LogP contribution in [0.25, 0.3) is 0 Å². The summed E-state index contributed by atoms with van der Waals surface area (Å²) in [4.78, 5) is 13.1. The van der Waals surface area contributed by atoms with Crippen LogP contribution >= 0.6 is 11.6 Å². The summed E-state index contributed by atoms with van der Waals surface area (Å²) in [5.74, 6) is -0.627. The SMILES string of the molecule is O=C(Nc1ccc(Cl)cc1[C@H](O)c1ccccc1)c1cc2n(n1)[C@@H](C(F)(F)F)C[C@@H](c1ccccc1)N2. The van der Waals surface area contributed by atoms with Crippen LogP contribution in [0.1, 0.15) is 51.8 Å². The molecule has 0 saturated heterocycles. The van der Waals surface area contributed by atoms with Crippen LogP contribution in [0.2, 0.25) is 5.02 Å². The predicted molar refractivity (Wildman–Crippen MR) is 135 cm³/mol. The Bertz CT molecular complexity index is 1410. The summed E-state index contributed by atoms with van der Waals surface area (Å²) < 4.78 is 42.7. The highest BCUT2D eigenvalue weighted by Crippen LogP contribution is 2.43. The van der Waals surface area contributed by atoms with E-state index in [1.165, 1.54) is 18.2 Å². The van der Waals surface area contributed by atoms with Gasteiger partial charge in [0.1, 0.15) is 11.9 Å². The van der Waals surface area contributed by atoms with Crippen molar-refractivity contribution in [2.75, 3.05) is 10.6 Å². The molecule has 0 bridgehead atoms. The molecule has 0 saturated carbocycles. The number of aliphatic hydroxyl groups is 1. The molecular formula is C27H22ClF3N4O2. The number of aromatic nitrogens is 2. The van der Waals surface area contributed by atoms with Crippen LogP contribution in [0.15, 0.2) is 84.9 Å². The van der Waals surface area contributed by atoms with Gasteiger partial charge in [0, 0.05) is 28.8 Å². The van der Waals surface area contributed by atoms with Gasteiger partial charge in [-0.3, -0.25) is 4.79 Å². The molecule has 2 heterocycles. The van der Waals surface area contributed by atoms with Crippen molar-refractivity contribution in [1.29, 1.82) is 0 Å². The zero-order valence-electron chi connectivity index (χ0n) is 19.3. The molecule has 0 fully saturated rings. The summed E-state index contributed by atoms with van der Waals surface area (Å²) in [6, 6.07) is 21.0. The molecule has 1 amide bonds. The molecule has 0 aliphatic carbocycles. The van der Waals surface area contributed by atoms with Crippen LogP contribution in [0.4, 0.5) is 24.7 Å². The number of amides is 1. The van der Waals surface area contributed by atoms with Crippen LogP contribution in [0.5, 0.6) is 0 Å². The number of carbonyl (C=O) groups is 1. The Morgan fingerprint density at radius 1 is 1.05 bits per heavy atom. The minimum absolute atomic E-state index is 0.0910. The molecule has 3 N–H and O–H groups in total. The number of aliphatic hydroxyl groups excluding tert-OH is 1. The second-order valence-corrected chi connectivity index (χ2v) is 9.20. The summed E-state index contributed by atoms with van der Waals surface area (Å²) in [5.41, 5.74) is 1.70. The molecule has 6 nitrogen and oxygen atoms in total. The van der Waals surface area contributed by atoms with Crippen molar-refractivity contribution >= 4 is 29.0 Å². The molecule has 0 unspecified atom stereocenters. The normalized spacial score (nSPS) is 18.0. The topological polar surface area (TPSA) is 79.2 Å². The second kappa shape index (κ2) is 9.91. The Balaban J connectivity index is 1.45. The standard InChI is InChI=1S/C27H22ClF3N4O2/c28-18-11-12-20(19(13-18)25(36)17-9-5-2-6-10-17)33-26(37)22-15-24-32-21(16-7-3-1-4-8-16)14-23(27(29,30)31)35(24)34-22/h1-13,15,21,23,25,32,36H,14H2,(H,33,37)/t21-,23+,25+/m0/s1. The molecule has 5 rings (SSSR count). The predicted octanol–water partition coefficient (Wildman–Crippen LogP) is 6.53. The first kappa shape index (κ1) is 24.9. The van der Waals surface area contributed by atoms with E-state index in [2.05, 4.69) is 15.7 Å². The van der Waals surface area contributed by atoms with Gasteiger partial charge in [-0.1, -0.05) is 72.3 Å². The lowest BCUT2D eigenvalue weighted by Crippen LogP contribution is -2.35. The highest BCUT2D eigenvalue weighted by atomic mass is 35.5. The Morgan fingerprint density at radius 3 is 2.41 bits per heavy atom. The van der Waals surface area contributed by atoms with Crippen molar-refractivity contribution in [3.05, 3.63) is 112 Å². The number of fused-ring (bicyclic) bond motifs is 1. The Hall–Kier alpha value is -3.82. The highest BCUT2D eigenvalue weighted by Gasteiger charge is 2.46. The van der Waals surface area contributed by atoms with Gasteiger partial charge in [-0.15, -0.1) is 0 Å². The average Bonchev–Trinajstić information content (AvgIpc) is 3.33. The number of alkyl halides is 3. The minimum Gasteiger partial charge on any atom is -0.384 e. The third-order valence-electron chi connectivity index (χ3n) is 6.30. The van der Waals surface area contributed by atoms with Gasteiger partial charge in [0.25, 0.3) is 5.91 Å².